The molecule has 0 saturated heterocycles. The molecule has 7 heteroatoms. The van der Waals surface area contributed by atoms with Crippen LogP contribution in [-0.4, -0.2) is 14.5 Å². The minimum Gasteiger partial charge on any atom is -0.326 e. The maximum absolute atomic E-state index is 13.0. The maximum atomic E-state index is 13.0. The summed E-state index contributed by atoms with van der Waals surface area (Å²) in [6.07, 6.45) is 0.737. The Morgan fingerprint density at radius 1 is 1.43 bits per heavy atom. The van der Waals surface area contributed by atoms with Crippen molar-refractivity contribution in [2.75, 3.05) is 4.31 Å². The SMILES string of the molecule is CC1Cc2ccccc2N1S(=O)(=O)c1cc(CN)sc1Br. The van der Waals surface area contributed by atoms with Crippen LogP contribution < -0.4 is 10.0 Å². The van der Waals surface area contributed by atoms with Gasteiger partial charge < -0.3 is 5.73 Å². The minimum atomic E-state index is -3.58. The zero-order valence-corrected chi connectivity index (χ0v) is 14.6. The van der Waals surface area contributed by atoms with E-state index in [0.717, 1.165) is 22.5 Å². The molecule has 0 bridgehead atoms. The highest BCUT2D eigenvalue weighted by molar-refractivity contribution is 9.11. The number of hydrogen-bond acceptors (Lipinski definition) is 4. The van der Waals surface area contributed by atoms with E-state index >= 15 is 0 Å². The molecule has 2 aromatic rings. The van der Waals surface area contributed by atoms with Gasteiger partial charge in [0, 0.05) is 17.5 Å². The molecule has 1 unspecified atom stereocenters. The zero-order valence-electron chi connectivity index (χ0n) is 11.4. The van der Waals surface area contributed by atoms with E-state index in [1.807, 2.05) is 31.2 Å². The van der Waals surface area contributed by atoms with E-state index in [9.17, 15) is 8.42 Å². The van der Waals surface area contributed by atoms with Crippen molar-refractivity contribution < 1.29 is 8.42 Å². The fourth-order valence-electron chi connectivity index (χ4n) is 2.68. The molecule has 1 aliphatic rings. The topological polar surface area (TPSA) is 63.4 Å². The first-order chi connectivity index (χ1) is 9.95. The third-order valence-corrected chi connectivity index (χ3v) is 7.79. The van der Waals surface area contributed by atoms with Crippen LogP contribution in [0.15, 0.2) is 39.0 Å². The summed E-state index contributed by atoms with van der Waals surface area (Å²) in [6.45, 7) is 2.27. The predicted molar refractivity (Wildman–Crippen MR) is 89.2 cm³/mol. The first-order valence-corrected chi connectivity index (χ1v) is 9.60. The number of anilines is 1. The lowest BCUT2D eigenvalue weighted by atomic mass is 10.1. The molecule has 112 valence electrons. The summed E-state index contributed by atoms with van der Waals surface area (Å²) in [5.74, 6) is 0. The molecule has 2 heterocycles. The lowest BCUT2D eigenvalue weighted by Crippen LogP contribution is -2.35. The summed E-state index contributed by atoms with van der Waals surface area (Å²) >= 11 is 4.73. The van der Waals surface area contributed by atoms with Gasteiger partial charge in [-0.05, 0) is 47.0 Å². The number of nitrogens with two attached hydrogens (primary N) is 1. The van der Waals surface area contributed by atoms with Gasteiger partial charge in [0.15, 0.2) is 0 Å². The molecule has 0 aliphatic carbocycles. The number of para-hydroxylation sites is 1. The van der Waals surface area contributed by atoms with Gasteiger partial charge in [-0.1, -0.05) is 18.2 Å². The van der Waals surface area contributed by atoms with Gasteiger partial charge in [-0.2, -0.15) is 0 Å². The van der Waals surface area contributed by atoms with Crippen molar-refractivity contribution in [3.8, 4) is 0 Å². The van der Waals surface area contributed by atoms with Crippen LogP contribution in [0.4, 0.5) is 5.69 Å². The fraction of sp³-hybridized carbons (Fsp3) is 0.286. The van der Waals surface area contributed by atoms with Crippen molar-refractivity contribution in [2.24, 2.45) is 5.73 Å². The Hall–Kier alpha value is -0.890. The van der Waals surface area contributed by atoms with Gasteiger partial charge in [0.2, 0.25) is 0 Å². The predicted octanol–water partition coefficient (Wildman–Crippen LogP) is 3.11. The van der Waals surface area contributed by atoms with Gasteiger partial charge in [0.25, 0.3) is 10.0 Å². The highest BCUT2D eigenvalue weighted by Gasteiger charge is 2.37. The second-order valence-corrected chi connectivity index (χ2v) is 9.28. The Kier molecular flexibility index (Phi) is 3.85. The molecule has 0 fully saturated rings. The van der Waals surface area contributed by atoms with Gasteiger partial charge >= 0.3 is 0 Å². The minimum absolute atomic E-state index is 0.0828. The molecular formula is C14H15BrN2O2S2. The normalized spacial score (nSPS) is 18.0. The molecule has 2 N–H and O–H groups in total. The van der Waals surface area contributed by atoms with Crippen LogP contribution in [-0.2, 0) is 23.0 Å². The number of thiophene rings is 1. The number of nitrogens with zero attached hydrogens (tertiary/aromatic N) is 1. The van der Waals surface area contributed by atoms with Crippen LogP contribution >= 0.6 is 27.3 Å². The van der Waals surface area contributed by atoms with Crippen LogP contribution in [0.5, 0.6) is 0 Å². The molecule has 0 amide bonds. The average molecular weight is 387 g/mol. The quantitative estimate of drug-likeness (QED) is 0.880. The molecule has 21 heavy (non-hydrogen) atoms. The molecule has 0 spiro atoms. The number of benzene rings is 1. The van der Waals surface area contributed by atoms with Crippen molar-refractivity contribution >= 4 is 43.0 Å². The second kappa shape index (κ2) is 5.39. The molecule has 0 saturated carbocycles. The van der Waals surface area contributed by atoms with E-state index in [4.69, 9.17) is 5.73 Å². The van der Waals surface area contributed by atoms with Crippen LogP contribution in [0, 0.1) is 0 Å². The molecule has 1 aliphatic heterocycles. The Labute approximate surface area is 136 Å². The van der Waals surface area contributed by atoms with Crippen molar-refractivity contribution in [3.63, 3.8) is 0 Å². The number of halogens is 1. The molecule has 1 atom stereocenters. The van der Waals surface area contributed by atoms with E-state index in [1.165, 1.54) is 15.6 Å². The number of rotatable bonds is 3. The van der Waals surface area contributed by atoms with E-state index in [-0.39, 0.29) is 6.04 Å². The maximum Gasteiger partial charge on any atom is 0.266 e. The van der Waals surface area contributed by atoms with Gasteiger partial charge in [0.05, 0.1) is 9.47 Å². The highest BCUT2D eigenvalue weighted by atomic mass is 79.9. The van der Waals surface area contributed by atoms with Crippen molar-refractivity contribution in [2.45, 2.75) is 30.8 Å². The summed E-state index contributed by atoms with van der Waals surface area (Å²) in [4.78, 5) is 1.15. The number of fused-ring (bicyclic) bond motifs is 1. The van der Waals surface area contributed by atoms with Crippen LogP contribution in [0.3, 0.4) is 0 Å². The average Bonchev–Trinajstić information content (AvgIpc) is 2.98. The van der Waals surface area contributed by atoms with E-state index in [0.29, 0.717) is 15.2 Å². The standard InChI is InChI=1S/C14H15BrN2O2S2/c1-9-6-10-4-2-3-5-12(10)17(9)21(18,19)13-7-11(8-16)20-14(13)15/h2-5,7,9H,6,8,16H2,1H3. The first kappa shape index (κ1) is 15.0. The van der Waals surface area contributed by atoms with Gasteiger partial charge in [-0.15, -0.1) is 11.3 Å². The Balaban J connectivity index is 2.12. The molecule has 1 aromatic heterocycles. The smallest absolute Gasteiger partial charge is 0.266 e. The lowest BCUT2D eigenvalue weighted by molar-refractivity contribution is 0.584. The molecule has 1 aromatic carbocycles. The summed E-state index contributed by atoms with van der Waals surface area (Å²) in [5, 5.41) is 0. The number of sulfonamides is 1. The molecule has 3 rings (SSSR count). The van der Waals surface area contributed by atoms with Gasteiger partial charge in [-0.3, -0.25) is 4.31 Å². The van der Waals surface area contributed by atoms with Crippen LogP contribution in [0.25, 0.3) is 0 Å². The summed E-state index contributed by atoms with van der Waals surface area (Å²) in [7, 11) is -3.58. The van der Waals surface area contributed by atoms with Crippen molar-refractivity contribution in [1.82, 2.24) is 0 Å². The summed E-state index contributed by atoms with van der Waals surface area (Å²) in [6, 6.07) is 9.23. The van der Waals surface area contributed by atoms with Crippen molar-refractivity contribution in [3.05, 3.63) is 44.6 Å². The van der Waals surface area contributed by atoms with Gasteiger partial charge in [0.1, 0.15) is 4.90 Å². The summed E-state index contributed by atoms with van der Waals surface area (Å²) in [5.41, 5.74) is 7.46. The van der Waals surface area contributed by atoms with E-state index in [2.05, 4.69) is 15.9 Å². The third kappa shape index (κ3) is 2.42. The molecule has 4 nitrogen and oxygen atoms in total. The fourth-order valence-corrected chi connectivity index (χ4v) is 6.89. The molecule has 0 radical (unpaired) electrons. The second-order valence-electron chi connectivity index (χ2n) is 5.04. The monoisotopic (exact) mass is 386 g/mol. The summed E-state index contributed by atoms with van der Waals surface area (Å²) < 4.78 is 28.2. The lowest BCUT2D eigenvalue weighted by Gasteiger charge is -2.24. The van der Waals surface area contributed by atoms with Gasteiger partial charge in [-0.25, -0.2) is 8.42 Å². The number of hydrogen-bond donors (Lipinski definition) is 1. The Bertz CT molecular complexity index is 786. The van der Waals surface area contributed by atoms with E-state index in [1.54, 1.807) is 6.07 Å². The van der Waals surface area contributed by atoms with E-state index < -0.39 is 10.0 Å². The zero-order chi connectivity index (χ0) is 15.2. The van der Waals surface area contributed by atoms with Crippen LogP contribution in [0.1, 0.15) is 17.4 Å². The third-order valence-electron chi connectivity index (χ3n) is 3.59. The van der Waals surface area contributed by atoms with Crippen LogP contribution in [0.2, 0.25) is 0 Å². The van der Waals surface area contributed by atoms with Crippen molar-refractivity contribution in [1.29, 1.82) is 0 Å². The molecular weight excluding hydrogens is 372 g/mol. The highest BCUT2D eigenvalue weighted by Crippen LogP contribution is 2.40. The largest absolute Gasteiger partial charge is 0.326 e. The Morgan fingerprint density at radius 2 is 2.14 bits per heavy atom. The Morgan fingerprint density at radius 3 is 2.81 bits per heavy atom. The first-order valence-electron chi connectivity index (χ1n) is 6.55.